The van der Waals surface area contributed by atoms with Gasteiger partial charge in [0.25, 0.3) is 5.56 Å². The fourth-order valence-corrected chi connectivity index (χ4v) is 2.52. The molecule has 0 aliphatic carbocycles. The van der Waals surface area contributed by atoms with E-state index in [1.165, 1.54) is 36.9 Å². The maximum atomic E-state index is 12.3. The number of carbonyl (C=O) groups is 2. The van der Waals surface area contributed by atoms with Crippen molar-refractivity contribution < 1.29 is 19.8 Å². The zero-order valence-corrected chi connectivity index (χ0v) is 15.3. The molecule has 0 fully saturated rings. The number of aliphatic hydroxyl groups is 1. The SMILES string of the molecule is CN(C)C(=O)N[C@@H](Cc1ccc(-c2c(CO)cnn(C)c2=O)cc1)C(=O)O. The zero-order chi connectivity index (χ0) is 20.1. The number of nitrogens with one attached hydrogen (secondary N) is 1. The summed E-state index contributed by atoms with van der Waals surface area (Å²) in [5.41, 5.74) is 1.69. The first-order valence-corrected chi connectivity index (χ1v) is 8.20. The lowest BCUT2D eigenvalue weighted by Crippen LogP contribution is -2.46. The van der Waals surface area contributed by atoms with E-state index in [-0.39, 0.29) is 18.6 Å². The van der Waals surface area contributed by atoms with E-state index in [1.54, 1.807) is 24.3 Å². The van der Waals surface area contributed by atoms with Gasteiger partial charge in [-0.2, -0.15) is 5.10 Å². The van der Waals surface area contributed by atoms with Crippen molar-refractivity contribution in [2.24, 2.45) is 7.05 Å². The van der Waals surface area contributed by atoms with E-state index >= 15 is 0 Å². The first-order chi connectivity index (χ1) is 12.7. The largest absolute Gasteiger partial charge is 0.480 e. The Balaban J connectivity index is 2.27. The second-order valence-corrected chi connectivity index (χ2v) is 6.27. The molecule has 1 heterocycles. The van der Waals surface area contributed by atoms with Gasteiger partial charge in [-0.3, -0.25) is 4.79 Å². The monoisotopic (exact) mass is 374 g/mol. The van der Waals surface area contributed by atoms with Crippen LogP contribution in [0.3, 0.4) is 0 Å². The van der Waals surface area contributed by atoms with Crippen molar-refractivity contribution >= 4 is 12.0 Å². The number of benzene rings is 1. The Morgan fingerprint density at radius 1 is 1.26 bits per heavy atom. The Morgan fingerprint density at radius 3 is 2.41 bits per heavy atom. The van der Waals surface area contributed by atoms with Crippen molar-refractivity contribution in [3.63, 3.8) is 0 Å². The van der Waals surface area contributed by atoms with Gasteiger partial charge in [-0.05, 0) is 11.1 Å². The normalized spacial score (nSPS) is 11.7. The number of hydrogen-bond acceptors (Lipinski definition) is 5. The Morgan fingerprint density at radius 2 is 1.89 bits per heavy atom. The minimum atomic E-state index is -1.14. The first-order valence-electron chi connectivity index (χ1n) is 8.20. The van der Waals surface area contributed by atoms with Gasteiger partial charge in [0.1, 0.15) is 6.04 Å². The number of aliphatic carboxylic acids is 1. The van der Waals surface area contributed by atoms with Gasteiger partial charge < -0.3 is 20.4 Å². The Kier molecular flexibility index (Phi) is 6.30. The van der Waals surface area contributed by atoms with Crippen molar-refractivity contribution in [2.45, 2.75) is 19.1 Å². The molecule has 0 radical (unpaired) electrons. The Hall–Kier alpha value is -3.20. The molecule has 9 nitrogen and oxygen atoms in total. The minimum absolute atomic E-state index is 0.0937. The van der Waals surface area contributed by atoms with Crippen LogP contribution in [0.25, 0.3) is 11.1 Å². The number of aliphatic hydroxyl groups excluding tert-OH is 1. The maximum Gasteiger partial charge on any atom is 0.326 e. The van der Waals surface area contributed by atoms with Crippen molar-refractivity contribution in [1.82, 2.24) is 20.0 Å². The summed E-state index contributed by atoms with van der Waals surface area (Å²) < 4.78 is 1.18. The molecule has 1 aromatic carbocycles. The predicted octanol–water partition coefficient (Wildman–Crippen LogP) is 0.206. The second-order valence-electron chi connectivity index (χ2n) is 6.27. The third-order valence-corrected chi connectivity index (χ3v) is 4.07. The number of carbonyl (C=O) groups excluding carboxylic acids is 1. The molecule has 0 saturated carbocycles. The molecular weight excluding hydrogens is 352 g/mol. The summed E-state index contributed by atoms with van der Waals surface area (Å²) in [5.74, 6) is -1.14. The summed E-state index contributed by atoms with van der Waals surface area (Å²) in [6.45, 7) is -0.322. The number of urea groups is 1. The third-order valence-electron chi connectivity index (χ3n) is 4.07. The quantitative estimate of drug-likeness (QED) is 0.664. The van der Waals surface area contributed by atoms with Crippen LogP contribution in [0.4, 0.5) is 4.79 Å². The van der Waals surface area contributed by atoms with E-state index in [4.69, 9.17) is 0 Å². The average Bonchev–Trinajstić information content (AvgIpc) is 2.63. The molecule has 1 aromatic heterocycles. The molecule has 0 saturated heterocycles. The van der Waals surface area contributed by atoms with Crippen LogP contribution in [0.5, 0.6) is 0 Å². The summed E-state index contributed by atoms with van der Waals surface area (Å²) in [7, 11) is 4.57. The van der Waals surface area contributed by atoms with E-state index in [2.05, 4.69) is 10.4 Å². The topological polar surface area (TPSA) is 125 Å². The van der Waals surface area contributed by atoms with Crippen molar-refractivity contribution in [3.05, 3.63) is 51.9 Å². The minimum Gasteiger partial charge on any atom is -0.480 e. The number of aromatic nitrogens is 2. The Labute approximate surface area is 155 Å². The van der Waals surface area contributed by atoms with Gasteiger partial charge in [0, 0.05) is 33.1 Å². The second kappa shape index (κ2) is 8.45. The lowest BCUT2D eigenvalue weighted by molar-refractivity contribution is -0.139. The smallest absolute Gasteiger partial charge is 0.326 e. The number of carboxylic acid groups (broad SMARTS) is 1. The number of amides is 2. The molecule has 2 amide bonds. The lowest BCUT2D eigenvalue weighted by Gasteiger charge is -2.18. The molecule has 0 unspecified atom stereocenters. The van der Waals surface area contributed by atoms with E-state index < -0.39 is 18.0 Å². The molecule has 3 N–H and O–H groups in total. The number of hydrogen-bond donors (Lipinski definition) is 3. The molecule has 2 rings (SSSR count). The third kappa shape index (κ3) is 4.70. The van der Waals surface area contributed by atoms with Crippen LogP contribution in [-0.2, 0) is 24.9 Å². The molecule has 0 aliphatic heterocycles. The van der Waals surface area contributed by atoms with E-state index in [0.717, 1.165) is 0 Å². The number of carboxylic acids is 1. The van der Waals surface area contributed by atoms with E-state index in [9.17, 15) is 24.6 Å². The van der Waals surface area contributed by atoms with Crippen molar-refractivity contribution in [2.75, 3.05) is 14.1 Å². The lowest BCUT2D eigenvalue weighted by atomic mass is 9.99. The van der Waals surface area contributed by atoms with Crippen LogP contribution in [0.15, 0.2) is 35.3 Å². The molecule has 0 aliphatic rings. The van der Waals surface area contributed by atoms with E-state index in [0.29, 0.717) is 22.3 Å². The molecule has 2 aromatic rings. The Bertz CT molecular complexity index is 890. The summed E-state index contributed by atoms with van der Waals surface area (Å²) in [6, 6.07) is 5.16. The average molecular weight is 374 g/mol. The van der Waals surface area contributed by atoms with Gasteiger partial charge in [-0.1, -0.05) is 24.3 Å². The fourth-order valence-electron chi connectivity index (χ4n) is 2.52. The first kappa shape index (κ1) is 20.1. The fraction of sp³-hybridized carbons (Fsp3) is 0.333. The van der Waals surface area contributed by atoms with Crippen LogP contribution in [0, 0.1) is 0 Å². The van der Waals surface area contributed by atoms with Gasteiger partial charge in [0.05, 0.1) is 18.4 Å². The van der Waals surface area contributed by atoms with Gasteiger partial charge in [0.15, 0.2) is 0 Å². The highest BCUT2D eigenvalue weighted by Crippen LogP contribution is 2.20. The van der Waals surface area contributed by atoms with Crippen LogP contribution >= 0.6 is 0 Å². The van der Waals surface area contributed by atoms with Crippen LogP contribution < -0.4 is 10.9 Å². The predicted molar refractivity (Wildman–Crippen MR) is 98.2 cm³/mol. The van der Waals surface area contributed by atoms with Gasteiger partial charge >= 0.3 is 12.0 Å². The molecule has 1 atom stereocenters. The molecule has 144 valence electrons. The summed E-state index contributed by atoms with van der Waals surface area (Å²) in [6.07, 6.45) is 1.53. The molecule has 9 heteroatoms. The van der Waals surface area contributed by atoms with Gasteiger partial charge in [-0.15, -0.1) is 0 Å². The maximum absolute atomic E-state index is 12.3. The molecule has 0 spiro atoms. The van der Waals surface area contributed by atoms with E-state index in [1.807, 2.05) is 0 Å². The van der Waals surface area contributed by atoms with Gasteiger partial charge in [0.2, 0.25) is 0 Å². The highest BCUT2D eigenvalue weighted by Gasteiger charge is 2.21. The number of rotatable bonds is 6. The highest BCUT2D eigenvalue weighted by molar-refractivity contribution is 5.82. The van der Waals surface area contributed by atoms with Crippen LogP contribution in [-0.4, -0.2) is 57.0 Å². The zero-order valence-electron chi connectivity index (χ0n) is 15.3. The van der Waals surface area contributed by atoms with Crippen LogP contribution in [0.2, 0.25) is 0 Å². The molecular formula is C18H22N4O5. The van der Waals surface area contributed by atoms with Gasteiger partial charge in [-0.25, -0.2) is 14.3 Å². The standard InChI is InChI=1S/C18H22N4O5/c1-21(2)18(27)20-14(17(25)26)8-11-4-6-12(7-5-11)15-13(10-23)9-19-22(3)16(15)24/h4-7,9,14,23H,8,10H2,1-3H3,(H,20,27)(H,25,26)/t14-/m0/s1. The molecule has 27 heavy (non-hydrogen) atoms. The summed E-state index contributed by atoms with van der Waals surface area (Å²) >= 11 is 0. The highest BCUT2D eigenvalue weighted by atomic mass is 16.4. The van der Waals surface area contributed by atoms with Crippen molar-refractivity contribution in [1.29, 1.82) is 0 Å². The summed E-state index contributed by atoms with van der Waals surface area (Å²) in [5, 5.41) is 25.1. The summed E-state index contributed by atoms with van der Waals surface area (Å²) in [4.78, 5) is 36.7. The molecule has 0 bridgehead atoms. The number of aryl methyl sites for hydroxylation is 1. The van der Waals surface area contributed by atoms with Crippen molar-refractivity contribution in [3.8, 4) is 11.1 Å². The van der Waals surface area contributed by atoms with Crippen LogP contribution in [0.1, 0.15) is 11.1 Å². The number of nitrogens with zero attached hydrogens (tertiary/aromatic N) is 3.